The third-order valence-electron chi connectivity index (χ3n) is 2.57. The fraction of sp³-hybridized carbons (Fsp3) is 0.200. The molecule has 2 rings (SSSR count). The van der Waals surface area contributed by atoms with Gasteiger partial charge < -0.3 is 9.15 Å². The summed E-state index contributed by atoms with van der Waals surface area (Å²) in [7, 11) is 0. The summed E-state index contributed by atoms with van der Waals surface area (Å²) in [5.41, 5.74) is 3.35. The van der Waals surface area contributed by atoms with E-state index in [1.54, 1.807) is 12.1 Å². The highest BCUT2D eigenvalue weighted by Gasteiger charge is 2.03. The second-order valence-electron chi connectivity index (χ2n) is 4.19. The lowest BCUT2D eigenvalue weighted by molar-refractivity contribution is -0.120. The van der Waals surface area contributed by atoms with Crippen LogP contribution < -0.4 is 10.2 Å². The molecule has 1 N–H and O–H groups in total. The molecule has 1 heterocycles. The van der Waals surface area contributed by atoms with Crippen molar-refractivity contribution in [2.45, 2.75) is 13.3 Å². The number of furan rings is 1. The van der Waals surface area contributed by atoms with Gasteiger partial charge in [-0.05, 0) is 52.7 Å². The van der Waals surface area contributed by atoms with Crippen LogP contribution in [0, 0.1) is 0 Å². The van der Waals surface area contributed by atoms with E-state index in [0.717, 1.165) is 11.3 Å². The molecule has 1 amide bonds. The van der Waals surface area contributed by atoms with Gasteiger partial charge >= 0.3 is 0 Å². The lowest BCUT2D eigenvalue weighted by Crippen LogP contribution is -2.19. The topological polar surface area (TPSA) is 63.8 Å². The van der Waals surface area contributed by atoms with Crippen LogP contribution in [0.4, 0.5) is 0 Å². The molecule has 1 aromatic carbocycles. The first-order chi connectivity index (χ1) is 10.2. The zero-order valence-corrected chi connectivity index (χ0v) is 13.1. The second kappa shape index (κ2) is 7.64. The SMILES string of the molecule is CCOc1ccc(CC(=O)N/N=C\c2ccc(Br)o2)cc1. The molecule has 0 aliphatic rings. The van der Waals surface area contributed by atoms with E-state index in [-0.39, 0.29) is 12.3 Å². The van der Waals surface area contributed by atoms with Crippen molar-refractivity contribution >= 4 is 28.1 Å². The molecule has 0 fully saturated rings. The van der Waals surface area contributed by atoms with Gasteiger partial charge in [-0.2, -0.15) is 5.10 Å². The van der Waals surface area contributed by atoms with Gasteiger partial charge in [0.05, 0.1) is 19.2 Å². The summed E-state index contributed by atoms with van der Waals surface area (Å²) >= 11 is 3.19. The lowest BCUT2D eigenvalue weighted by Gasteiger charge is -2.04. The van der Waals surface area contributed by atoms with Gasteiger partial charge in [0, 0.05) is 0 Å². The van der Waals surface area contributed by atoms with E-state index in [9.17, 15) is 4.79 Å². The van der Waals surface area contributed by atoms with E-state index in [0.29, 0.717) is 17.0 Å². The minimum atomic E-state index is -0.193. The number of nitrogens with one attached hydrogen (secondary N) is 1. The van der Waals surface area contributed by atoms with Crippen LogP contribution in [0.5, 0.6) is 5.75 Å². The van der Waals surface area contributed by atoms with Crippen LogP contribution in [0.3, 0.4) is 0 Å². The molecule has 0 spiro atoms. The summed E-state index contributed by atoms with van der Waals surface area (Å²) in [6.07, 6.45) is 1.70. The Balaban J connectivity index is 1.82. The van der Waals surface area contributed by atoms with Crippen LogP contribution in [0.1, 0.15) is 18.2 Å². The Morgan fingerprint density at radius 1 is 1.33 bits per heavy atom. The fourth-order valence-electron chi connectivity index (χ4n) is 1.66. The molecule has 0 saturated carbocycles. The van der Waals surface area contributed by atoms with Gasteiger partial charge in [0.2, 0.25) is 5.91 Å². The highest BCUT2D eigenvalue weighted by atomic mass is 79.9. The van der Waals surface area contributed by atoms with Crippen molar-refractivity contribution in [2.24, 2.45) is 5.10 Å². The lowest BCUT2D eigenvalue weighted by atomic mass is 10.1. The highest BCUT2D eigenvalue weighted by Crippen LogP contribution is 2.13. The molecule has 1 aromatic heterocycles. The van der Waals surface area contributed by atoms with Crippen molar-refractivity contribution in [1.29, 1.82) is 0 Å². The van der Waals surface area contributed by atoms with Gasteiger partial charge in [0.15, 0.2) is 4.67 Å². The maximum atomic E-state index is 11.7. The van der Waals surface area contributed by atoms with Gasteiger partial charge in [-0.3, -0.25) is 4.79 Å². The van der Waals surface area contributed by atoms with Gasteiger partial charge in [-0.1, -0.05) is 12.1 Å². The number of halogens is 1. The number of nitrogens with zero attached hydrogens (tertiary/aromatic N) is 1. The summed E-state index contributed by atoms with van der Waals surface area (Å²) in [6, 6.07) is 10.9. The number of benzene rings is 1. The zero-order chi connectivity index (χ0) is 15.1. The van der Waals surface area contributed by atoms with Gasteiger partial charge in [-0.25, -0.2) is 5.43 Å². The molecule has 21 heavy (non-hydrogen) atoms. The molecule has 2 aromatic rings. The predicted molar refractivity (Wildman–Crippen MR) is 83.5 cm³/mol. The predicted octanol–water partition coefficient (Wildman–Crippen LogP) is 3.13. The van der Waals surface area contributed by atoms with E-state index in [1.807, 2.05) is 31.2 Å². The van der Waals surface area contributed by atoms with Crippen molar-refractivity contribution < 1.29 is 13.9 Å². The first-order valence-corrected chi connectivity index (χ1v) is 7.25. The number of amides is 1. The Morgan fingerprint density at radius 3 is 2.71 bits per heavy atom. The Kier molecular flexibility index (Phi) is 5.57. The molecule has 6 heteroatoms. The Morgan fingerprint density at radius 2 is 2.10 bits per heavy atom. The largest absolute Gasteiger partial charge is 0.494 e. The molecular formula is C15H15BrN2O3. The maximum absolute atomic E-state index is 11.7. The average molecular weight is 351 g/mol. The molecule has 0 atom stereocenters. The van der Waals surface area contributed by atoms with Crippen LogP contribution in [0.15, 0.2) is 50.6 Å². The van der Waals surface area contributed by atoms with E-state index < -0.39 is 0 Å². The first-order valence-electron chi connectivity index (χ1n) is 6.46. The van der Waals surface area contributed by atoms with Crippen LogP contribution in [0.2, 0.25) is 0 Å². The van der Waals surface area contributed by atoms with Crippen molar-refractivity contribution in [3.05, 3.63) is 52.4 Å². The van der Waals surface area contributed by atoms with Crippen LogP contribution in [-0.2, 0) is 11.2 Å². The van der Waals surface area contributed by atoms with Gasteiger partial charge in [0.1, 0.15) is 11.5 Å². The van der Waals surface area contributed by atoms with Crippen molar-refractivity contribution in [3.63, 3.8) is 0 Å². The maximum Gasteiger partial charge on any atom is 0.244 e. The number of carbonyl (C=O) groups excluding carboxylic acids is 1. The summed E-state index contributed by atoms with van der Waals surface area (Å²) in [5.74, 6) is 1.16. The number of hydrogen-bond acceptors (Lipinski definition) is 4. The van der Waals surface area contributed by atoms with Gasteiger partial charge in [0.25, 0.3) is 0 Å². The van der Waals surface area contributed by atoms with Crippen molar-refractivity contribution in [1.82, 2.24) is 5.43 Å². The first kappa shape index (κ1) is 15.3. The Bertz CT molecular complexity index is 620. The fourth-order valence-corrected chi connectivity index (χ4v) is 1.98. The number of rotatable bonds is 6. The molecule has 5 nitrogen and oxygen atoms in total. The minimum absolute atomic E-state index is 0.193. The third-order valence-corrected chi connectivity index (χ3v) is 3.00. The number of hydrogen-bond donors (Lipinski definition) is 1. The number of hydrazone groups is 1. The van der Waals surface area contributed by atoms with E-state index in [4.69, 9.17) is 9.15 Å². The Hall–Kier alpha value is -2.08. The highest BCUT2D eigenvalue weighted by molar-refractivity contribution is 9.10. The quantitative estimate of drug-likeness (QED) is 0.642. The van der Waals surface area contributed by atoms with Crippen LogP contribution in [0.25, 0.3) is 0 Å². The smallest absolute Gasteiger partial charge is 0.244 e. The number of ether oxygens (including phenoxy) is 1. The summed E-state index contributed by atoms with van der Waals surface area (Å²) in [5, 5.41) is 3.83. The van der Waals surface area contributed by atoms with Crippen LogP contribution in [-0.4, -0.2) is 18.7 Å². The summed E-state index contributed by atoms with van der Waals surface area (Å²) < 4.78 is 11.2. The molecule has 0 aliphatic heterocycles. The molecule has 0 radical (unpaired) electrons. The van der Waals surface area contributed by atoms with E-state index in [1.165, 1.54) is 6.21 Å². The second-order valence-corrected chi connectivity index (χ2v) is 4.97. The molecule has 0 saturated heterocycles. The number of carbonyl (C=O) groups is 1. The van der Waals surface area contributed by atoms with E-state index >= 15 is 0 Å². The summed E-state index contributed by atoms with van der Waals surface area (Å²) in [6.45, 7) is 2.55. The third kappa shape index (κ3) is 5.07. The summed E-state index contributed by atoms with van der Waals surface area (Å²) in [4.78, 5) is 11.7. The van der Waals surface area contributed by atoms with Gasteiger partial charge in [-0.15, -0.1) is 0 Å². The van der Waals surface area contributed by atoms with E-state index in [2.05, 4.69) is 26.5 Å². The molecule has 0 bridgehead atoms. The minimum Gasteiger partial charge on any atom is -0.494 e. The van der Waals surface area contributed by atoms with Crippen LogP contribution >= 0.6 is 15.9 Å². The normalized spacial score (nSPS) is 10.8. The monoisotopic (exact) mass is 350 g/mol. The standard InChI is InChI=1S/C15H15BrN2O3/c1-2-20-12-5-3-11(4-6-12)9-15(19)18-17-10-13-7-8-14(16)21-13/h3-8,10H,2,9H2,1H3,(H,18,19)/b17-10-. The zero-order valence-electron chi connectivity index (χ0n) is 11.5. The Labute approximate surface area is 131 Å². The molecule has 0 aliphatic carbocycles. The van der Waals surface area contributed by atoms with Crippen molar-refractivity contribution in [3.8, 4) is 5.75 Å². The molecule has 0 unspecified atom stereocenters. The average Bonchev–Trinajstić information content (AvgIpc) is 2.87. The molecular weight excluding hydrogens is 336 g/mol. The molecule has 110 valence electrons. The van der Waals surface area contributed by atoms with Crippen molar-refractivity contribution in [2.75, 3.05) is 6.61 Å².